The van der Waals surface area contributed by atoms with Gasteiger partial charge in [0.15, 0.2) is 0 Å². The fourth-order valence-electron chi connectivity index (χ4n) is 1.33. The van der Waals surface area contributed by atoms with E-state index in [2.05, 4.69) is 4.98 Å². The summed E-state index contributed by atoms with van der Waals surface area (Å²) in [6.07, 6.45) is 2.87. The first-order valence-corrected chi connectivity index (χ1v) is 4.40. The molecular weight excluding hydrogens is 202 g/mol. The van der Waals surface area contributed by atoms with Crippen LogP contribution in [0, 0.1) is 6.92 Å². The van der Waals surface area contributed by atoms with E-state index in [1.54, 1.807) is 6.07 Å². The van der Waals surface area contributed by atoms with Crippen LogP contribution in [0.25, 0.3) is 5.65 Å². The Hall–Kier alpha value is -1.55. The van der Waals surface area contributed by atoms with Gasteiger partial charge in [-0.1, -0.05) is 11.6 Å². The van der Waals surface area contributed by atoms with Crippen LogP contribution in [0.4, 0.5) is 5.69 Å². The molecule has 0 fully saturated rings. The summed E-state index contributed by atoms with van der Waals surface area (Å²) in [6, 6.07) is 1.75. The maximum atomic E-state index is 11.6. The molecule has 0 radical (unpaired) electrons. The van der Waals surface area contributed by atoms with E-state index in [-0.39, 0.29) is 11.2 Å². The first-order valence-electron chi connectivity index (χ1n) is 4.02. The first kappa shape index (κ1) is 9.02. The quantitative estimate of drug-likeness (QED) is 0.710. The molecule has 0 spiro atoms. The van der Waals surface area contributed by atoms with E-state index in [1.165, 1.54) is 16.8 Å². The Balaban J connectivity index is 3.03. The molecular formula is C9H8ClN3O. The molecule has 5 heteroatoms. The number of fused-ring (bicyclic) bond motifs is 1. The highest BCUT2D eigenvalue weighted by atomic mass is 35.5. The summed E-state index contributed by atoms with van der Waals surface area (Å²) in [7, 11) is 0. The molecule has 2 rings (SSSR count). The Morgan fingerprint density at radius 2 is 2.29 bits per heavy atom. The summed E-state index contributed by atoms with van der Waals surface area (Å²) in [5, 5.41) is 0.490. The molecule has 0 amide bonds. The predicted octanol–water partition coefficient (Wildman–Crippen LogP) is 1.24. The molecule has 0 aromatic carbocycles. The van der Waals surface area contributed by atoms with Crippen LogP contribution in [0.2, 0.25) is 5.02 Å². The largest absolute Gasteiger partial charge is 0.393 e. The zero-order valence-electron chi connectivity index (χ0n) is 7.49. The van der Waals surface area contributed by atoms with E-state index in [1.807, 2.05) is 6.92 Å². The van der Waals surface area contributed by atoms with Gasteiger partial charge in [0.25, 0.3) is 5.56 Å². The summed E-state index contributed by atoms with van der Waals surface area (Å²) in [4.78, 5) is 15.6. The Labute approximate surface area is 84.9 Å². The summed E-state index contributed by atoms with van der Waals surface area (Å²) < 4.78 is 1.35. The monoisotopic (exact) mass is 209 g/mol. The van der Waals surface area contributed by atoms with Crippen LogP contribution in [0.3, 0.4) is 0 Å². The molecule has 0 aliphatic rings. The van der Waals surface area contributed by atoms with Gasteiger partial charge in [0, 0.05) is 6.20 Å². The molecule has 2 N–H and O–H groups in total. The van der Waals surface area contributed by atoms with E-state index in [4.69, 9.17) is 17.3 Å². The lowest BCUT2D eigenvalue weighted by molar-refractivity contribution is 1.04. The van der Waals surface area contributed by atoms with E-state index in [9.17, 15) is 4.79 Å². The highest BCUT2D eigenvalue weighted by Gasteiger charge is 2.04. The third-order valence-electron chi connectivity index (χ3n) is 1.98. The van der Waals surface area contributed by atoms with E-state index < -0.39 is 0 Å². The van der Waals surface area contributed by atoms with Gasteiger partial charge in [-0.2, -0.15) is 0 Å². The van der Waals surface area contributed by atoms with E-state index in [0.717, 1.165) is 5.56 Å². The lowest BCUT2D eigenvalue weighted by Crippen LogP contribution is -2.18. The average Bonchev–Trinajstić information content (AvgIpc) is 2.12. The molecule has 0 bridgehead atoms. The zero-order chi connectivity index (χ0) is 10.3. The molecule has 2 aromatic rings. The Morgan fingerprint density at radius 3 is 3.00 bits per heavy atom. The van der Waals surface area contributed by atoms with Gasteiger partial charge in [-0.05, 0) is 18.6 Å². The Bertz CT molecular complexity index is 562. The number of halogens is 1. The number of hydrogen-bond acceptors (Lipinski definition) is 3. The zero-order valence-corrected chi connectivity index (χ0v) is 8.25. The summed E-state index contributed by atoms with van der Waals surface area (Å²) in [5.41, 5.74) is 6.69. The van der Waals surface area contributed by atoms with Crippen molar-refractivity contribution in [3.8, 4) is 0 Å². The van der Waals surface area contributed by atoms with Gasteiger partial charge in [-0.15, -0.1) is 0 Å². The number of anilines is 1. The number of pyridine rings is 1. The second kappa shape index (κ2) is 2.99. The normalized spacial score (nSPS) is 10.7. The molecule has 0 saturated carbocycles. The Morgan fingerprint density at radius 1 is 1.57 bits per heavy atom. The number of hydrogen-bond donors (Lipinski definition) is 1. The second-order valence-corrected chi connectivity index (χ2v) is 3.49. The van der Waals surface area contributed by atoms with Crippen LogP contribution in [0.1, 0.15) is 5.56 Å². The smallest absolute Gasteiger partial charge is 0.281 e. The summed E-state index contributed by atoms with van der Waals surface area (Å²) in [5.74, 6) is 0. The standard InChI is InChI=1S/C9H8ClN3O/c1-5-2-6(10)4-13-8(5)12-3-7(11)9(13)14/h2-4H,11H2,1H3. The van der Waals surface area contributed by atoms with Crippen LogP contribution < -0.4 is 11.3 Å². The van der Waals surface area contributed by atoms with Gasteiger partial charge in [-0.25, -0.2) is 4.98 Å². The van der Waals surface area contributed by atoms with Crippen molar-refractivity contribution in [2.75, 3.05) is 5.73 Å². The molecule has 0 aliphatic carbocycles. The molecule has 2 heterocycles. The van der Waals surface area contributed by atoms with E-state index >= 15 is 0 Å². The molecule has 14 heavy (non-hydrogen) atoms. The summed E-state index contributed by atoms with van der Waals surface area (Å²) >= 11 is 5.82. The maximum Gasteiger partial charge on any atom is 0.281 e. The van der Waals surface area contributed by atoms with Crippen molar-refractivity contribution in [3.63, 3.8) is 0 Å². The molecule has 0 atom stereocenters. The van der Waals surface area contributed by atoms with Gasteiger partial charge < -0.3 is 5.73 Å². The molecule has 2 aromatic heterocycles. The summed E-state index contributed by atoms with van der Waals surface area (Å²) in [6.45, 7) is 1.84. The predicted molar refractivity (Wildman–Crippen MR) is 55.6 cm³/mol. The van der Waals surface area contributed by atoms with Crippen molar-refractivity contribution >= 4 is 22.9 Å². The fraction of sp³-hybridized carbons (Fsp3) is 0.111. The number of nitrogen functional groups attached to an aromatic ring is 1. The van der Waals surface area contributed by atoms with Gasteiger partial charge >= 0.3 is 0 Å². The highest BCUT2D eigenvalue weighted by Crippen LogP contribution is 2.13. The second-order valence-electron chi connectivity index (χ2n) is 3.05. The Kier molecular flexibility index (Phi) is 1.93. The van der Waals surface area contributed by atoms with Crippen molar-refractivity contribution in [2.45, 2.75) is 6.92 Å². The van der Waals surface area contributed by atoms with Crippen LogP contribution in [0.15, 0.2) is 23.3 Å². The average molecular weight is 210 g/mol. The van der Waals surface area contributed by atoms with Gasteiger partial charge in [0.05, 0.1) is 11.2 Å². The number of rotatable bonds is 0. The molecule has 0 aliphatic heterocycles. The number of nitrogens with two attached hydrogens (primary N) is 1. The number of nitrogens with zero attached hydrogens (tertiary/aromatic N) is 2. The minimum Gasteiger partial charge on any atom is -0.393 e. The van der Waals surface area contributed by atoms with Crippen LogP contribution in [0.5, 0.6) is 0 Å². The lowest BCUT2D eigenvalue weighted by atomic mass is 10.3. The minimum absolute atomic E-state index is 0.115. The van der Waals surface area contributed by atoms with Crippen molar-refractivity contribution in [1.29, 1.82) is 0 Å². The molecule has 4 nitrogen and oxygen atoms in total. The highest BCUT2D eigenvalue weighted by molar-refractivity contribution is 6.30. The van der Waals surface area contributed by atoms with Gasteiger partial charge in [0.1, 0.15) is 11.3 Å². The maximum absolute atomic E-state index is 11.6. The van der Waals surface area contributed by atoms with Crippen molar-refractivity contribution in [2.24, 2.45) is 0 Å². The van der Waals surface area contributed by atoms with Crippen LogP contribution >= 0.6 is 11.6 Å². The van der Waals surface area contributed by atoms with Crippen molar-refractivity contribution < 1.29 is 0 Å². The van der Waals surface area contributed by atoms with Crippen LogP contribution in [-0.2, 0) is 0 Å². The van der Waals surface area contributed by atoms with Crippen molar-refractivity contribution in [1.82, 2.24) is 9.38 Å². The molecule has 0 saturated heterocycles. The SMILES string of the molecule is Cc1cc(Cl)cn2c(=O)c(N)cnc12. The van der Waals surface area contributed by atoms with Gasteiger partial charge in [-0.3, -0.25) is 9.20 Å². The topological polar surface area (TPSA) is 60.4 Å². The first-order chi connectivity index (χ1) is 6.59. The van der Waals surface area contributed by atoms with Crippen LogP contribution in [-0.4, -0.2) is 9.38 Å². The third-order valence-corrected chi connectivity index (χ3v) is 2.19. The number of aryl methyl sites for hydroxylation is 1. The third kappa shape index (κ3) is 1.24. The fourth-order valence-corrected chi connectivity index (χ4v) is 1.59. The van der Waals surface area contributed by atoms with Crippen molar-refractivity contribution in [3.05, 3.63) is 39.4 Å². The minimum atomic E-state index is -0.291. The van der Waals surface area contributed by atoms with E-state index in [0.29, 0.717) is 10.7 Å². The van der Waals surface area contributed by atoms with Gasteiger partial charge in [0.2, 0.25) is 0 Å². The molecule has 0 unspecified atom stereocenters. The molecule has 72 valence electrons. The lowest BCUT2D eigenvalue weighted by Gasteiger charge is -2.04. The number of aromatic nitrogens is 2.